The van der Waals surface area contributed by atoms with E-state index < -0.39 is 6.10 Å². The molecule has 1 saturated heterocycles. The van der Waals surface area contributed by atoms with Crippen LogP contribution in [0.4, 0.5) is 0 Å². The molecule has 0 bridgehead atoms. The second-order valence-corrected chi connectivity index (χ2v) is 4.62. The van der Waals surface area contributed by atoms with E-state index in [-0.39, 0.29) is 18.5 Å². The van der Waals surface area contributed by atoms with E-state index in [1.165, 1.54) is 0 Å². The lowest BCUT2D eigenvalue weighted by Crippen LogP contribution is -2.51. The van der Waals surface area contributed by atoms with Crippen LogP contribution in [0.15, 0.2) is 24.3 Å². The maximum Gasteiger partial charge on any atom is 0.239 e. The van der Waals surface area contributed by atoms with Crippen molar-refractivity contribution in [3.05, 3.63) is 29.8 Å². The predicted molar refractivity (Wildman–Crippen MR) is 73.6 cm³/mol. The molecule has 0 spiro atoms. The maximum atomic E-state index is 11.9. The summed E-state index contributed by atoms with van der Waals surface area (Å²) in [6, 6.07) is 6.80. The number of aliphatic hydroxyl groups excluding tert-OH is 1. The van der Waals surface area contributed by atoms with Gasteiger partial charge in [-0.05, 0) is 17.7 Å². The number of rotatable bonds is 5. The summed E-state index contributed by atoms with van der Waals surface area (Å²) in [7, 11) is 1.57. The first-order chi connectivity index (χ1) is 9.70. The van der Waals surface area contributed by atoms with Gasteiger partial charge in [-0.25, -0.2) is 0 Å². The van der Waals surface area contributed by atoms with E-state index in [1.807, 2.05) is 0 Å². The lowest BCUT2D eigenvalue weighted by atomic mass is 10.1. The van der Waals surface area contributed by atoms with E-state index >= 15 is 0 Å². The molecule has 1 aliphatic rings. The molecule has 0 radical (unpaired) electrons. The van der Waals surface area contributed by atoms with E-state index in [0.717, 1.165) is 0 Å². The summed E-state index contributed by atoms with van der Waals surface area (Å²) in [6.45, 7) is 1.80. The summed E-state index contributed by atoms with van der Waals surface area (Å²) in [5, 5.41) is 15.8. The SMILES string of the molecule is COc1cccc(C(O)CNC(=O)C2COCCN2)c1. The number of benzene rings is 1. The third-order valence-electron chi connectivity index (χ3n) is 3.19. The molecule has 0 aliphatic carbocycles. The third kappa shape index (κ3) is 3.93. The Bertz CT molecular complexity index is 447. The molecule has 110 valence electrons. The fraction of sp³-hybridized carbons (Fsp3) is 0.500. The fourth-order valence-corrected chi connectivity index (χ4v) is 2.02. The molecule has 3 N–H and O–H groups in total. The summed E-state index contributed by atoms with van der Waals surface area (Å²) in [6.07, 6.45) is -0.765. The summed E-state index contributed by atoms with van der Waals surface area (Å²) in [5.74, 6) is 0.516. The standard InChI is InChI=1S/C14H20N2O4/c1-19-11-4-2-3-10(7-11)13(17)8-16-14(18)12-9-20-6-5-15-12/h2-4,7,12-13,15,17H,5-6,8-9H2,1H3,(H,16,18). The van der Waals surface area contributed by atoms with E-state index in [4.69, 9.17) is 9.47 Å². The summed E-state index contributed by atoms with van der Waals surface area (Å²) >= 11 is 0. The van der Waals surface area contributed by atoms with Crippen LogP contribution in [-0.4, -0.2) is 50.5 Å². The van der Waals surface area contributed by atoms with Crippen molar-refractivity contribution in [2.75, 3.05) is 33.4 Å². The number of hydrogen-bond acceptors (Lipinski definition) is 5. The Morgan fingerprint density at radius 2 is 2.50 bits per heavy atom. The van der Waals surface area contributed by atoms with Gasteiger partial charge in [0, 0.05) is 13.1 Å². The highest BCUT2D eigenvalue weighted by Gasteiger charge is 2.21. The van der Waals surface area contributed by atoms with Crippen molar-refractivity contribution in [1.29, 1.82) is 0 Å². The third-order valence-corrected chi connectivity index (χ3v) is 3.19. The number of carbonyl (C=O) groups is 1. The number of ether oxygens (including phenoxy) is 2. The molecule has 6 heteroatoms. The second kappa shape index (κ2) is 7.23. The Balaban J connectivity index is 1.84. The van der Waals surface area contributed by atoms with Gasteiger partial charge in [-0.1, -0.05) is 12.1 Å². The number of amides is 1. The minimum Gasteiger partial charge on any atom is -0.497 e. The van der Waals surface area contributed by atoms with Gasteiger partial charge in [0.05, 0.1) is 26.4 Å². The highest BCUT2D eigenvalue weighted by Crippen LogP contribution is 2.18. The van der Waals surface area contributed by atoms with Gasteiger partial charge >= 0.3 is 0 Å². The fourth-order valence-electron chi connectivity index (χ4n) is 2.02. The topological polar surface area (TPSA) is 79.8 Å². The summed E-state index contributed by atoms with van der Waals surface area (Å²) in [4.78, 5) is 11.9. The molecule has 1 aliphatic heterocycles. The van der Waals surface area contributed by atoms with E-state index in [9.17, 15) is 9.90 Å². The Labute approximate surface area is 118 Å². The first-order valence-corrected chi connectivity index (χ1v) is 6.61. The Kier molecular flexibility index (Phi) is 5.34. The zero-order valence-electron chi connectivity index (χ0n) is 11.5. The zero-order chi connectivity index (χ0) is 14.4. The number of aliphatic hydroxyl groups is 1. The van der Waals surface area contributed by atoms with Crippen LogP contribution in [0.3, 0.4) is 0 Å². The smallest absolute Gasteiger partial charge is 0.239 e. The first-order valence-electron chi connectivity index (χ1n) is 6.61. The van der Waals surface area contributed by atoms with Crippen LogP contribution >= 0.6 is 0 Å². The monoisotopic (exact) mass is 280 g/mol. The molecule has 1 fully saturated rings. The average Bonchev–Trinajstić information content (AvgIpc) is 2.53. The normalized spacial score (nSPS) is 20.2. The lowest BCUT2D eigenvalue weighted by Gasteiger charge is -2.23. The zero-order valence-corrected chi connectivity index (χ0v) is 11.5. The molecule has 0 aromatic heterocycles. The molecule has 1 aromatic rings. The van der Waals surface area contributed by atoms with Crippen molar-refractivity contribution in [3.8, 4) is 5.75 Å². The van der Waals surface area contributed by atoms with Crippen LogP contribution in [0.25, 0.3) is 0 Å². The number of morpholine rings is 1. The molecule has 2 atom stereocenters. The molecule has 6 nitrogen and oxygen atoms in total. The largest absolute Gasteiger partial charge is 0.497 e. The predicted octanol–water partition coefficient (Wildman–Crippen LogP) is -0.167. The van der Waals surface area contributed by atoms with Crippen LogP contribution in [0.5, 0.6) is 5.75 Å². The first kappa shape index (κ1) is 14.8. The Hall–Kier alpha value is -1.63. The summed E-state index contributed by atoms with van der Waals surface area (Å²) < 4.78 is 10.3. The highest BCUT2D eigenvalue weighted by molar-refractivity contribution is 5.82. The Morgan fingerprint density at radius 3 is 3.20 bits per heavy atom. The number of carbonyl (C=O) groups excluding carboxylic acids is 1. The molecule has 1 aromatic carbocycles. The van der Waals surface area contributed by atoms with E-state index in [0.29, 0.717) is 31.1 Å². The van der Waals surface area contributed by atoms with Gasteiger partial charge in [0.1, 0.15) is 11.8 Å². The van der Waals surface area contributed by atoms with Gasteiger partial charge in [-0.2, -0.15) is 0 Å². The quantitative estimate of drug-likeness (QED) is 0.698. The molecular formula is C14H20N2O4. The van der Waals surface area contributed by atoms with E-state index in [1.54, 1.807) is 31.4 Å². The van der Waals surface area contributed by atoms with Crippen LogP contribution in [0, 0.1) is 0 Å². The van der Waals surface area contributed by atoms with Gasteiger partial charge in [-0.3, -0.25) is 4.79 Å². The van der Waals surface area contributed by atoms with Crippen LogP contribution < -0.4 is 15.4 Å². The minimum absolute atomic E-state index is 0.157. The highest BCUT2D eigenvalue weighted by atomic mass is 16.5. The van der Waals surface area contributed by atoms with Crippen LogP contribution in [-0.2, 0) is 9.53 Å². The molecule has 1 heterocycles. The molecule has 20 heavy (non-hydrogen) atoms. The number of nitrogens with one attached hydrogen (secondary N) is 2. The van der Waals surface area contributed by atoms with Gasteiger partial charge < -0.3 is 25.2 Å². The van der Waals surface area contributed by atoms with Crippen LogP contribution in [0.1, 0.15) is 11.7 Å². The molecule has 1 amide bonds. The average molecular weight is 280 g/mol. The molecule has 2 rings (SSSR count). The van der Waals surface area contributed by atoms with Crippen molar-refractivity contribution in [1.82, 2.24) is 10.6 Å². The van der Waals surface area contributed by atoms with Crippen molar-refractivity contribution >= 4 is 5.91 Å². The Morgan fingerprint density at radius 1 is 1.65 bits per heavy atom. The van der Waals surface area contributed by atoms with Gasteiger partial charge in [-0.15, -0.1) is 0 Å². The van der Waals surface area contributed by atoms with Gasteiger partial charge in [0.2, 0.25) is 5.91 Å². The molecule has 0 saturated carbocycles. The molecular weight excluding hydrogens is 260 g/mol. The minimum atomic E-state index is -0.765. The van der Waals surface area contributed by atoms with Crippen molar-refractivity contribution in [2.24, 2.45) is 0 Å². The second-order valence-electron chi connectivity index (χ2n) is 4.62. The summed E-state index contributed by atoms with van der Waals surface area (Å²) in [5.41, 5.74) is 0.706. The molecule has 2 unspecified atom stereocenters. The van der Waals surface area contributed by atoms with Crippen LogP contribution in [0.2, 0.25) is 0 Å². The van der Waals surface area contributed by atoms with Crippen molar-refractivity contribution in [2.45, 2.75) is 12.1 Å². The van der Waals surface area contributed by atoms with Crippen molar-refractivity contribution in [3.63, 3.8) is 0 Å². The van der Waals surface area contributed by atoms with Crippen molar-refractivity contribution < 1.29 is 19.4 Å². The maximum absolute atomic E-state index is 11.9. The number of hydrogen-bond donors (Lipinski definition) is 3. The van der Waals surface area contributed by atoms with E-state index in [2.05, 4.69) is 10.6 Å². The van der Waals surface area contributed by atoms with Gasteiger partial charge in [0.15, 0.2) is 0 Å². The van der Waals surface area contributed by atoms with Gasteiger partial charge in [0.25, 0.3) is 0 Å². The lowest BCUT2D eigenvalue weighted by molar-refractivity contribution is -0.126. The number of methoxy groups -OCH3 is 1.